The van der Waals surface area contributed by atoms with Crippen LogP contribution in [0.25, 0.3) is 11.6 Å². The molecule has 2 aromatic heterocycles. The fourth-order valence-corrected chi connectivity index (χ4v) is 3.72. The Morgan fingerprint density at radius 2 is 2.04 bits per heavy atom. The zero-order valence-electron chi connectivity index (χ0n) is 15.5. The van der Waals surface area contributed by atoms with E-state index in [9.17, 15) is 4.79 Å². The van der Waals surface area contributed by atoms with Gasteiger partial charge >= 0.3 is 0 Å². The average Bonchev–Trinajstić information content (AvgIpc) is 3.42. The van der Waals surface area contributed by atoms with Crippen LogP contribution < -0.4 is 5.32 Å². The zero-order chi connectivity index (χ0) is 18.5. The van der Waals surface area contributed by atoms with E-state index in [1.807, 2.05) is 24.5 Å². The Labute approximate surface area is 159 Å². The molecule has 2 aromatic rings. The molecule has 7 nitrogen and oxygen atoms in total. The Bertz CT molecular complexity index is 718. The highest BCUT2D eigenvalue weighted by atomic mass is 16.5. The third-order valence-electron chi connectivity index (χ3n) is 5.35. The third kappa shape index (κ3) is 4.73. The van der Waals surface area contributed by atoms with Crippen molar-refractivity contribution in [3.05, 3.63) is 36.4 Å². The van der Waals surface area contributed by atoms with Crippen LogP contribution in [-0.2, 0) is 16.1 Å². The number of aromatic nitrogens is 2. The highest BCUT2D eigenvalue weighted by molar-refractivity contribution is 5.80. The molecule has 2 saturated heterocycles. The molecule has 2 fully saturated rings. The predicted molar refractivity (Wildman–Crippen MR) is 99.7 cm³/mol. The number of nitrogens with zero attached hydrogens (tertiary/aromatic N) is 3. The number of likely N-dealkylation sites (tertiary alicyclic amines) is 1. The van der Waals surface area contributed by atoms with Crippen molar-refractivity contribution >= 4 is 5.91 Å². The lowest BCUT2D eigenvalue weighted by molar-refractivity contribution is -0.130. The molecule has 1 atom stereocenters. The van der Waals surface area contributed by atoms with E-state index in [0.29, 0.717) is 24.1 Å². The topological polar surface area (TPSA) is 80.5 Å². The number of nitrogens with one attached hydrogen (secondary N) is 1. The molecule has 1 amide bonds. The Morgan fingerprint density at radius 1 is 1.22 bits per heavy atom. The minimum Gasteiger partial charge on any atom is -0.461 e. The predicted octanol–water partition coefficient (Wildman–Crippen LogP) is 2.24. The van der Waals surface area contributed by atoms with Crippen molar-refractivity contribution in [3.8, 4) is 11.6 Å². The maximum absolute atomic E-state index is 12.0. The molecule has 4 rings (SSSR count). The number of rotatable bonds is 6. The van der Waals surface area contributed by atoms with Crippen LogP contribution in [0.3, 0.4) is 0 Å². The maximum atomic E-state index is 12.0. The smallest absolute Gasteiger partial charge is 0.249 e. The molecule has 27 heavy (non-hydrogen) atoms. The number of hydrogen-bond acceptors (Lipinski definition) is 6. The van der Waals surface area contributed by atoms with Gasteiger partial charge in [-0.25, -0.2) is 9.97 Å². The number of hydrogen-bond donors (Lipinski definition) is 1. The van der Waals surface area contributed by atoms with Gasteiger partial charge < -0.3 is 14.5 Å². The number of carbonyl (C=O) groups is 1. The number of amides is 1. The van der Waals surface area contributed by atoms with E-state index >= 15 is 0 Å². The van der Waals surface area contributed by atoms with Crippen LogP contribution in [0.5, 0.6) is 0 Å². The number of carbonyl (C=O) groups excluding carboxylic acids is 1. The third-order valence-corrected chi connectivity index (χ3v) is 5.35. The van der Waals surface area contributed by atoms with Crippen LogP contribution in [0.1, 0.15) is 31.2 Å². The van der Waals surface area contributed by atoms with Crippen LogP contribution in [0, 0.1) is 5.92 Å². The molecule has 2 aliphatic rings. The van der Waals surface area contributed by atoms with Crippen LogP contribution in [0.4, 0.5) is 0 Å². The van der Waals surface area contributed by atoms with E-state index in [0.717, 1.165) is 57.4 Å². The fraction of sp³-hybridized carbons (Fsp3) is 0.550. The molecule has 0 spiro atoms. The summed E-state index contributed by atoms with van der Waals surface area (Å²) in [5, 5.41) is 3.07. The number of furan rings is 1. The molecule has 0 bridgehead atoms. The van der Waals surface area contributed by atoms with Gasteiger partial charge in [0.25, 0.3) is 0 Å². The summed E-state index contributed by atoms with van der Waals surface area (Å²) in [7, 11) is 0. The Morgan fingerprint density at radius 3 is 2.70 bits per heavy atom. The van der Waals surface area contributed by atoms with Gasteiger partial charge in [-0.1, -0.05) is 0 Å². The van der Waals surface area contributed by atoms with E-state index in [-0.39, 0.29) is 12.0 Å². The monoisotopic (exact) mass is 370 g/mol. The van der Waals surface area contributed by atoms with Gasteiger partial charge in [-0.05, 0) is 56.8 Å². The molecule has 0 aliphatic carbocycles. The Hall–Kier alpha value is -2.25. The van der Waals surface area contributed by atoms with Gasteiger partial charge in [0.2, 0.25) is 5.91 Å². The van der Waals surface area contributed by atoms with Crippen molar-refractivity contribution in [2.24, 2.45) is 5.92 Å². The first kappa shape index (κ1) is 18.1. The van der Waals surface area contributed by atoms with E-state index in [1.165, 1.54) is 0 Å². The molecule has 2 aliphatic heterocycles. The normalized spacial score (nSPS) is 21.4. The molecular weight excluding hydrogens is 344 g/mol. The van der Waals surface area contributed by atoms with Gasteiger partial charge in [0.15, 0.2) is 11.6 Å². The Kier molecular flexibility index (Phi) is 5.79. The largest absolute Gasteiger partial charge is 0.461 e. The SMILES string of the molecule is O=C(NCC1CCN(Cc2cnc(-c3ccco3)nc2)CC1)C1CCCO1. The molecule has 4 heterocycles. The first-order valence-electron chi connectivity index (χ1n) is 9.74. The maximum Gasteiger partial charge on any atom is 0.249 e. The fourth-order valence-electron chi connectivity index (χ4n) is 3.72. The molecule has 1 N–H and O–H groups in total. The van der Waals surface area contributed by atoms with Crippen molar-refractivity contribution in [2.45, 2.75) is 38.3 Å². The lowest BCUT2D eigenvalue weighted by atomic mass is 9.96. The minimum absolute atomic E-state index is 0.0590. The summed E-state index contributed by atoms with van der Waals surface area (Å²) in [6.07, 6.45) is 9.17. The van der Waals surface area contributed by atoms with Crippen molar-refractivity contribution in [3.63, 3.8) is 0 Å². The summed E-state index contributed by atoms with van der Waals surface area (Å²) in [4.78, 5) is 23.3. The van der Waals surface area contributed by atoms with Crippen molar-refractivity contribution < 1.29 is 13.9 Å². The van der Waals surface area contributed by atoms with Crippen LogP contribution in [-0.4, -0.2) is 53.1 Å². The summed E-state index contributed by atoms with van der Waals surface area (Å²) < 4.78 is 10.8. The molecule has 7 heteroatoms. The minimum atomic E-state index is -0.228. The van der Waals surface area contributed by atoms with Crippen LogP contribution in [0.15, 0.2) is 35.2 Å². The molecule has 1 unspecified atom stereocenters. The second-order valence-corrected chi connectivity index (χ2v) is 7.36. The van der Waals surface area contributed by atoms with Crippen molar-refractivity contribution in [1.29, 1.82) is 0 Å². The van der Waals surface area contributed by atoms with Crippen LogP contribution in [0.2, 0.25) is 0 Å². The van der Waals surface area contributed by atoms with Gasteiger partial charge in [-0.2, -0.15) is 0 Å². The highest BCUT2D eigenvalue weighted by Crippen LogP contribution is 2.20. The molecular formula is C20H26N4O3. The second-order valence-electron chi connectivity index (χ2n) is 7.36. The first-order chi connectivity index (χ1) is 13.3. The van der Waals surface area contributed by atoms with Crippen molar-refractivity contribution in [2.75, 3.05) is 26.2 Å². The molecule has 0 saturated carbocycles. The highest BCUT2D eigenvalue weighted by Gasteiger charge is 2.25. The van der Waals surface area contributed by atoms with E-state index in [1.54, 1.807) is 6.26 Å². The standard InChI is InChI=1S/C20H26N4O3/c25-20(18-4-2-10-27-18)23-11-15-5-7-24(8-6-15)14-16-12-21-19(22-13-16)17-3-1-9-26-17/h1,3,9,12-13,15,18H,2,4-8,10-11,14H2,(H,23,25). The second kappa shape index (κ2) is 8.63. The summed E-state index contributed by atoms with van der Waals surface area (Å²) in [6, 6.07) is 3.69. The van der Waals surface area contributed by atoms with E-state index in [4.69, 9.17) is 9.15 Å². The molecule has 144 valence electrons. The summed E-state index contributed by atoms with van der Waals surface area (Å²) in [5.41, 5.74) is 1.11. The Balaban J connectivity index is 1.19. The molecule has 0 radical (unpaired) electrons. The number of ether oxygens (including phenoxy) is 1. The van der Waals surface area contributed by atoms with Gasteiger partial charge in [-0.15, -0.1) is 0 Å². The number of piperidine rings is 1. The first-order valence-corrected chi connectivity index (χ1v) is 9.74. The van der Waals surface area contributed by atoms with Gasteiger partial charge in [0.1, 0.15) is 6.10 Å². The van der Waals surface area contributed by atoms with E-state index in [2.05, 4.69) is 20.2 Å². The zero-order valence-corrected chi connectivity index (χ0v) is 15.5. The average molecular weight is 370 g/mol. The van der Waals surface area contributed by atoms with Crippen LogP contribution >= 0.6 is 0 Å². The summed E-state index contributed by atoms with van der Waals surface area (Å²) in [6.45, 7) is 4.38. The van der Waals surface area contributed by atoms with Gasteiger partial charge in [-0.3, -0.25) is 9.69 Å². The summed E-state index contributed by atoms with van der Waals surface area (Å²) >= 11 is 0. The summed E-state index contributed by atoms with van der Waals surface area (Å²) in [5.74, 6) is 1.91. The van der Waals surface area contributed by atoms with Gasteiger partial charge in [0, 0.05) is 37.7 Å². The lowest BCUT2D eigenvalue weighted by Gasteiger charge is -2.32. The van der Waals surface area contributed by atoms with E-state index < -0.39 is 0 Å². The molecule has 0 aromatic carbocycles. The van der Waals surface area contributed by atoms with Gasteiger partial charge in [0.05, 0.1) is 6.26 Å². The van der Waals surface area contributed by atoms with Crippen molar-refractivity contribution in [1.82, 2.24) is 20.2 Å². The lowest BCUT2D eigenvalue weighted by Crippen LogP contribution is -2.41. The quantitative estimate of drug-likeness (QED) is 0.840.